The molecule has 1 aliphatic heterocycles. The highest BCUT2D eigenvalue weighted by molar-refractivity contribution is 6.30. The third kappa shape index (κ3) is 2.35. The van der Waals surface area contributed by atoms with Gasteiger partial charge in [0.05, 0.1) is 6.10 Å². The molecule has 1 saturated heterocycles. The van der Waals surface area contributed by atoms with Crippen LogP contribution in [0.4, 0.5) is 0 Å². The van der Waals surface area contributed by atoms with Crippen LogP contribution in [0, 0.1) is 0 Å². The predicted molar refractivity (Wildman–Crippen MR) is 83.5 cm³/mol. The maximum atomic E-state index is 6.11. The summed E-state index contributed by atoms with van der Waals surface area (Å²) in [6.07, 6.45) is 2.38. The van der Waals surface area contributed by atoms with Crippen molar-refractivity contribution in [3.63, 3.8) is 0 Å². The first-order chi connectivity index (χ1) is 9.66. The molecule has 1 atom stereocenters. The van der Waals surface area contributed by atoms with Crippen molar-refractivity contribution in [1.29, 1.82) is 0 Å². The van der Waals surface area contributed by atoms with Crippen molar-refractivity contribution in [2.75, 3.05) is 0 Å². The fourth-order valence-corrected chi connectivity index (χ4v) is 3.04. The van der Waals surface area contributed by atoms with Crippen LogP contribution in [0.25, 0.3) is 0 Å². The van der Waals surface area contributed by atoms with Crippen molar-refractivity contribution >= 4 is 23.2 Å². The predicted octanol–water partition coefficient (Wildman–Crippen LogP) is 5.44. The molecule has 0 aliphatic carbocycles. The largest absolute Gasteiger partial charge is 0.356 e. The average molecular weight is 307 g/mol. The third-order valence-corrected chi connectivity index (χ3v) is 4.33. The fraction of sp³-hybridized carbons (Fsp3) is 0.294. The van der Waals surface area contributed by atoms with Crippen LogP contribution in [0.15, 0.2) is 48.5 Å². The summed E-state index contributed by atoms with van der Waals surface area (Å²) < 4.78 is 6.11. The van der Waals surface area contributed by atoms with Crippen molar-refractivity contribution in [3.8, 4) is 0 Å². The van der Waals surface area contributed by atoms with Gasteiger partial charge in [0.15, 0.2) is 0 Å². The SMILES string of the molecule is CCCC1OC1(c1ccc(Cl)cc1)c1ccc(Cl)cc1. The lowest BCUT2D eigenvalue weighted by atomic mass is 9.86. The van der Waals surface area contributed by atoms with E-state index in [9.17, 15) is 0 Å². The van der Waals surface area contributed by atoms with Gasteiger partial charge in [-0.1, -0.05) is 60.8 Å². The number of rotatable bonds is 4. The van der Waals surface area contributed by atoms with Gasteiger partial charge in [-0.15, -0.1) is 0 Å². The Bertz CT molecular complexity index is 544. The number of epoxide rings is 1. The van der Waals surface area contributed by atoms with E-state index >= 15 is 0 Å². The number of halogens is 2. The summed E-state index contributed by atoms with van der Waals surface area (Å²) in [6.45, 7) is 2.18. The molecule has 3 rings (SSSR count). The zero-order valence-electron chi connectivity index (χ0n) is 11.3. The van der Waals surface area contributed by atoms with Gasteiger partial charge in [0.25, 0.3) is 0 Å². The van der Waals surface area contributed by atoms with Crippen LogP contribution in [-0.2, 0) is 10.3 Å². The quantitative estimate of drug-likeness (QED) is 0.686. The molecule has 0 aromatic heterocycles. The topological polar surface area (TPSA) is 12.5 Å². The first-order valence-electron chi connectivity index (χ1n) is 6.86. The number of ether oxygens (including phenoxy) is 1. The molecule has 1 heterocycles. The Morgan fingerprint density at radius 3 is 1.75 bits per heavy atom. The van der Waals surface area contributed by atoms with Crippen molar-refractivity contribution in [3.05, 3.63) is 69.7 Å². The highest BCUT2D eigenvalue weighted by Crippen LogP contribution is 2.53. The second-order valence-corrected chi connectivity index (χ2v) is 6.02. The van der Waals surface area contributed by atoms with Gasteiger partial charge in [-0.25, -0.2) is 0 Å². The Morgan fingerprint density at radius 2 is 1.35 bits per heavy atom. The monoisotopic (exact) mass is 306 g/mol. The molecule has 1 fully saturated rings. The number of benzene rings is 2. The first kappa shape index (κ1) is 13.9. The van der Waals surface area contributed by atoms with Gasteiger partial charge in [-0.3, -0.25) is 0 Å². The summed E-state index contributed by atoms with van der Waals surface area (Å²) in [7, 11) is 0. The van der Waals surface area contributed by atoms with Crippen molar-refractivity contribution < 1.29 is 4.74 Å². The molecule has 2 aromatic carbocycles. The van der Waals surface area contributed by atoms with E-state index in [1.165, 1.54) is 0 Å². The average Bonchev–Trinajstić information content (AvgIpc) is 3.16. The van der Waals surface area contributed by atoms with Crippen LogP contribution in [0.2, 0.25) is 10.0 Å². The highest BCUT2D eigenvalue weighted by Gasteiger charge is 2.58. The Morgan fingerprint density at radius 1 is 0.900 bits per heavy atom. The van der Waals surface area contributed by atoms with Crippen LogP contribution in [0.3, 0.4) is 0 Å². The zero-order valence-corrected chi connectivity index (χ0v) is 12.8. The smallest absolute Gasteiger partial charge is 0.145 e. The van der Waals surface area contributed by atoms with Crippen LogP contribution in [-0.4, -0.2) is 6.10 Å². The zero-order chi connectivity index (χ0) is 14.2. The summed E-state index contributed by atoms with van der Waals surface area (Å²) in [6, 6.07) is 15.9. The van der Waals surface area contributed by atoms with E-state index < -0.39 is 0 Å². The van der Waals surface area contributed by atoms with Crippen molar-refractivity contribution in [1.82, 2.24) is 0 Å². The lowest BCUT2D eigenvalue weighted by Gasteiger charge is -2.15. The molecule has 0 bridgehead atoms. The molecule has 2 aromatic rings. The normalized spacial score (nSPS) is 19.9. The van der Waals surface area contributed by atoms with E-state index in [-0.39, 0.29) is 11.7 Å². The third-order valence-electron chi connectivity index (χ3n) is 3.82. The van der Waals surface area contributed by atoms with Crippen LogP contribution < -0.4 is 0 Å². The fourth-order valence-electron chi connectivity index (χ4n) is 2.78. The highest BCUT2D eigenvalue weighted by atomic mass is 35.5. The van der Waals surface area contributed by atoms with Crippen molar-refractivity contribution in [2.45, 2.75) is 31.5 Å². The summed E-state index contributed by atoms with van der Waals surface area (Å²) in [5.41, 5.74) is 1.98. The maximum absolute atomic E-state index is 6.11. The Balaban J connectivity index is 2.02. The molecular weight excluding hydrogens is 291 g/mol. The molecule has 1 nitrogen and oxygen atoms in total. The number of hydrogen-bond acceptors (Lipinski definition) is 1. The van der Waals surface area contributed by atoms with Gasteiger partial charge < -0.3 is 4.74 Å². The second-order valence-electron chi connectivity index (χ2n) is 5.14. The Hall–Kier alpha value is -1.02. The number of hydrogen-bond donors (Lipinski definition) is 0. The minimum atomic E-state index is -0.328. The molecule has 1 aliphatic rings. The summed E-state index contributed by atoms with van der Waals surface area (Å²) in [5.74, 6) is 0. The van der Waals surface area contributed by atoms with Crippen molar-refractivity contribution in [2.24, 2.45) is 0 Å². The lowest BCUT2D eigenvalue weighted by molar-refractivity contribution is 0.323. The van der Waals surface area contributed by atoms with E-state index in [1.807, 2.05) is 48.5 Å². The molecule has 0 saturated carbocycles. The van der Waals surface area contributed by atoms with E-state index in [0.717, 1.165) is 34.0 Å². The van der Waals surface area contributed by atoms with Gasteiger partial charge >= 0.3 is 0 Å². The van der Waals surface area contributed by atoms with Gasteiger partial charge in [-0.05, 0) is 41.8 Å². The summed E-state index contributed by atoms with van der Waals surface area (Å²) in [5, 5.41) is 1.49. The molecule has 20 heavy (non-hydrogen) atoms. The molecule has 0 amide bonds. The van der Waals surface area contributed by atoms with Crippen LogP contribution in [0.5, 0.6) is 0 Å². The van der Waals surface area contributed by atoms with Gasteiger partial charge in [0, 0.05) is 10.0 Å². The Labute approximate surface area is 129 Å². The molecule has 0 N–H and O–H groups in total. The minimum absolute atomic E-state index is 0.231. The van der Waals surface area contributed by atoms with Crippen LogP contribution >= 0.6 is 23.2 Å². The van der Waals surface area contributed by atoms with Gasteiger partial charge in [-0.2, -0.15) is 0 Å². The van der Waals surface area contributed by atoms with E-state index in [1.54, 1.807) is 0 Å². The summed E-state index contributed by atoms with van der Waals surface area (Å²) in [4.78, 5) is 0. The molecule has 0 radical (unpaired) electrons. The summed E-state index contributed by atoms with van der Waals surface area (Å²) >= 11 is 12.0. The van der Waals surface area contributed by atoms with E-state index in [2.05, 4.69) is 6.92 Å². The molecule has 104 valence electrons. The van der Waals surface area contributed by atoms with E-state index in [0.29, 0.717) is 0 Å². The van der Waals surface area contributed by atoms with E-state index in [4.69, 9.17) is 27.9 Å². The van der Waals surface area contributed by atoms with Crippen LogP contribution in [0.1, 0.15) is 30.9 Å². The molecule has 3 heteroatoms. The molecule has 0 spiro atoms. The minimum Gasteiger partial charge on any atom is -0.356 e. The second kappa shape index (κ2) is 5.40. The first-order valence-corrected chi connectivity index (χ1v) is 7.62. The lowest BCUT2D eigenvalue weighted by Crippen LogP contribution is -2.14. The molecular formula is C17H16Cl2O. The van der Waals surface area contributed by atoms with Gasteiger partial charge in [0.1, 0.15) is 5.60 Å². The Kier molecular flexibility index (Phi) is 3.76. The molecule has 1 unspecified atom stereocenters. The standard InChI is InChI=1S/C17H16Cl2O/c1-2-3-16-17(20-16,12-4-8-14(18)9-5-12)13-6-10-15(19)11-7-13/h4-11,16H,2-3H2,1H3. The van der Waals surface area contributed by atoms with Gasteiger partial charge in [0.2, 0.25) is 0 Å². The maximum Gasteiger partial charge on any atom is 0.145 e.